The third-order valence-corrected chi connectivity index (χ3v) is 10.0. The van der Waals surface area contributed by atoms with Gasteiger partial charge in [-0.1, -0.05) is 204 Å². The second-order valence-electron chi connectivity index (χ2n) is 15.2. The lowest BCUT2D eigenvalue weighted by Gasteiger charge is -2.15. The van der Waals surface area contributed by atoms with Gasteiger partial charge < -0.3 is 19.7 Å². The summed E-state index contributed by atoms with van der Waals surface area (Å²) in [6.45, 7) is 6.17. The Morgan fingerprint density at radius 3 is 1.52 bits per heavy atom. The average Bonchev–Trinajstić information content (AvgIpc) is 3.18. The van der Waals surface area contributed by atoms with E-state index >= 15 is 0 Å². The number of aliphatic hydroxyl groups is 2. The van der Waals surface area contributed by atoms with Crippen molar-refractivity contribution in [1.29, 1.82) is 0 Å². The summed E-state index contributed by atoms with van der Waals surface area (Å²) in [4.78, 5) is 24.3. The molecular formula is C48H84O6. The van der Waals surface area contributed by atoms with Gasteiger partial charge in [-0.3, -0.25) is 9.59 Å². The molecule has 0 amide bonds. The molecule has 0 aromatic carbocycles. The van der Waals surface area contributed by atoms with Crippen molar-refractivity contribution in [3.63, 3.8) is 0 Å². The largest absolute Gasteiger partial charge is 0.462 e. The van der Waals surface area contributed by atoms with Gasteiger partial charge in [-0.15, -0.1) is 0 Å². The second kappa shape index (κ2) is 41.7. The van der Waals surface area contributed by atoms with Crippen molar-refractivity contribution in [3.8, 4) is 0 Å². The zero-order chi connectivity index (χ0) is 39.6. The quantitative estimate of drug-likeness (QED) is 0.0281. The van der Waals surface area contributed by atoms with Crippen LogP contribution in [0.25, 0.3) is 0 Å². The van der Waals surface area contributed by atoms with E-state index in [1.165, 1.54) is 109 Å². The lowest BCUT2D eigenvalue weighted by Crippen LogP contribution is -2.28. The first kappa shape index (κ1) is 51.6. The molecule has 0 aliphatic carbocycles. The van der Waals surface area contributed by atoms with Crippen LogP contribution in [0.5, 0.6) is 0 Å². The van der Waals surface area contributed by atoms with Gasteiger partial charge in [0.1, 0.15) is 6.61 Å². The standard InChI is InChI=1S/C48H84O6/c1-4-44(3)38-34-30-26-22-18-14-10-8-6-7-9-11-16-20-24-28-32-36-40-47(51)53-43-46(42-49)54-48(52)41-37-33-29-25-21-17-13-12-15-19-23-27-31-35-39-45(50)5-2/h13,15,17,19,25,27,29,31,35,39,44-46,49-50H,4-12,14,16,18,20-24,26,28,30,32-34,36-38,40-43H2,1-3H3/b17-13-,19-15-,29-25-,31-27-,39-35+/t44?,45-,46+/m1/s1. The molecule has 0 aromatic rings. The van der Waals surface area contributed by atoms with E-state index in [4.69, 9.17) is 9.47 Å². The Hall–Kier alpha value is -2.44. The Bertz CT molecular complexity index is 980. The van der Waals surface area contributed by atoms with Crippen LogP contribution >= 0.6 is 0 Å². The molecule has 6 heteroatoms. The first-order chi connectivity index (χ1) is 26.4. The number of carbonyl (C=O) groups excluding carboxylic acids is 2. The molecule has 2 N–H and O–H groups in total. The topological polar surface area (TPSA) is 93.1 Å². The summed E-state index contributed by atoms with van der Waals surface area (Å²) < 4.78 is 10.6. The smallest absolute Gasteiger partial charge is 0.306 e. The SMILES string of the molecule is CCC(C)CCCCCCCCCCCCCCCCCCCCC(=O)OC[C@H](CO)OC(=O)CCC/C=C\C/C=C\C/C=C\C/C=C\C=C\[C@H](O)CC. The molecule has 0 aliphatic heterocycles. The van der Waals surface area contributed by atoms with Crippen LogP contribution in [0.2, 0.25) is 0 Å². The first-order valence-electron chi connectivity index (χ1n) is 22.3. The summed E-state index contributed by atoms with van der Waals surface area (Å²) in [5.41, 5.74) is 0. The highest BCUT2D eigenvalue weighted by atomic mass is 16.6. The molecule has 312 valence electrons. The highest BCUT2D eigenvalue weighted by Gasteiger charge is 2.16. The summed E-state index contributed by atoms with van der Waals surface area (Å²) in [5.74, 6) is 0.234. The fraction of sp³-hybridized carbons (Fsp3) is 0.750. The van der Waals surface area contributed by atoms with Crippen molar-refractivity contribution in [3.05, 3.63) is 60.8 Å². The van der Waals surface area contributed by atoms with Crippen molar-refractivity contribution in [2.75, 3.05) is 13.2 Å². The minimum atomic E-state index is -0.812. The summed E-state index contributed by atoms with van der Waals surface area (Å²) in [6, 6.07) is 0. The molecule has 0 aliphatic rings. The summed E-state index contributed by atoms with van der Waals surface area (Å²) >= 11 is 0. The van der Waals surface area contributed by atoms with Gasteiger partial charge in [-0.25, -0.2) is 0 Å². The minimum Gasteiger partial charge on any atom is -0.462 e. The minimum absolute atomic E-state index is 0.0979. The zero-order valence-corrected chi connectivity index (χ0v) is 35.2. The van der Waals surface area contributed by atoms with E-state index in [0.29, 0.717) is 12.8 Å². The Morgan fingerprint density at radius 2 is 1.02 bits per heavy atom. The van der Waals surface area contributed by atoms with Crippen molar-refractivity contribution >= 4 is 11.9 Å². The fourth-order valence-corrected chi connectivity index (χ4v) is 6.11. The monoisotopic (exact) mass is 757 g/mol. The second-order valence-corrected chi connectivity index (χ2v) is 15.2. The normalized spacial score (nSPS) is 13.9. The van der Waals surface area contributed by atoms with Crippen molar-refractivity contribution in [2.24, 2.45) is 5.92 Å². The molecular weight excluding hydrogens is 673 g/mol. The summed E-state index contributed by atoms with van der Waals surface area (Å²) in [6.07, 6.45) is 51.0. The molecule has 3 atom stereocenters. The van der Waals surface area contributed by atoms with E-state index in [9.17, 15) is 19.8 Å². The molecule has 0 bridgehead atoms. The highest BCUT2D eigenvalue weighted by Crippen LogP contribution is 2.17. The fourth-order valence-electron chi connectivity index (χ4n) is 6.11. The van der Waals surface area contributed by atoms with Crippen molar-refractivity contribution < 1.29 is 29.3 Å². The van der Waals surface area contributed by atoms with Gasteiger partial charge in [-0.05, 0) is 50.9 Å². The van der Waals surface area contributed by atoms with E-state index in [2.05, 4.69) is 56.4 Å². The number of carbonyl (C=O) groups is 2. The molecule has 0 fully saturated rings. The van der Waals surface area contributed by atoms with Crippen molar-refractivity contribution in [1.82, 2.24) is 0 Å². The van der Waals surface area contributed by atoms with Crippen LogP contribution in [0.4, 0.5) is 0 Å². The van der Waals surface area contributed by atoms with Gasteiger partial charge in [-0.2, -0.15) is 0 Å². The summed E-state index contributed by atoms with van der Waals surface area (Å²) in [5, 5.41) is 19.0. The van der Waals surface area contributed by atoms with Gasteiger partial charge in [0, 0.05) is 12.8 Å². The predicted octanol–water partition coefficient (Wildman–Crippen LogP) is 13.2. The van der Waals surface area contributed by atoms with E-state index < -0.39 is 6.10 Å². The molecule has 0 spiro atoms. The first-order valence-corrected chi connectivity index (χ1v) is 22.3. The predicted molar refractivity (Wildman–Crippen MR) is 229 cm³/mol. The molecule has 0 saturated carbocycles. The van der Waals surface area contributed by atoms with Crippen molar-refractivity contribution in [2.45, 2.75) is 213 Å². The number of allylic oxidation sites excluding steroid dienone is 9. The molecule has 0 saturated heterocycles. The number of rotatable bonds is 39. The highest BCUT2D eigenvalue weighted by molar-refractivity contribution is 5.70. The van der Waals surface area contributed by atoms with E-state index in [1.807, 2.05) is 19.1 Å². The van der Waals surface area contributed by atoms with Gasteiger partial charge >= 0.3 is 11.9 Å². The van der Waals surface area contributed by atoms with E-state index in [-0.39, 0.29) is 37.7 Å². The number of esters is 2. The average molecular weight is 757 g/mol. The van der Waals surface area contributed by atoms with Crippen LogP contribution in [0.3, 0.4) is 0 Å². The van der Waals surface area contributed by atoms with Gasteiger partial charge in [0.15, 0.2) is 6.10 Å². The Balaban J connectivity index is 3.61. The Morgan fingerprint density at radius 1 is 0.556 bits per heavy atom. The van der Waals surface area contributed by atoms with E-state index in [1.54, 1.807) is 6.08 Å². The van der Waals surface area contributed by atoms with Gasteiger partial charge in [0.05, 0.1) is 12.7 Å². The van der Waals surface area contributed by atoms with Crippen LogP contribution in [0.1, 0.15) is 201 Å². The van der Waals surface area contributed by atoms with Gasteiger partial charge in [0.2, 0.25) is 0 Å². The molecule has 0 rings (SSSR count). The van der Waals surface area contributed by atoms with Gasteiger partial charge in [0.25, 0.3) is 0 Å². The number of aliphatic hydroxyl groups excluding tert-OH is 2. The molecule has 0 heterocycles. The van der Waals surface area contributed by atoms with E-state index in [0.717, 1.165) is 57.3 Å². The maximum Gasteiger partial charge on any atom is 0.306 e. The lowest BCUT2D eigenvalue weighted by atomic mass is 9.99. The van der Waals surface area contributed by atoms with Crippen LogP contribution in [0, 0.1) is 5.92 Å². The number of hydrogen-bond donors (Lipinski definition) is 2. The van der Waals surface area contributed by atoms with Crippen LogP contribution in [-0.2, 0) is 19.1 Å². The van der Waals surface area contributed by atoms with Crippen LogP contribution in [0.15, 0.2) is 60.8 Å². The zero-order valence-electron chi connectivity index (χ0n) is 35.2. The number of ether oxygens (including phenoxy) is 2. The van der Waals surface area contributed by atoms with Crippen LogP contribution in [-0.4, -0.2) is 47.6 Å². The molecule has 54 heavy (non-hydrogen) atoms. The third-order valence-electron chi connectivity index (χ3n) is 10.0. The lowest BCUT2D eigenvalue weighted by molar-refractivity contribution is -0.161. The maximum absolute atomic E-state index is 12.2. The molecule has 1 unspecified atom stereocenters. The third kappa shape index (κ3) is 39.3. The van der Waals surface area contributed by atoms with Crippen LogP contribution < -0.4 is 0 Å². The Labute approximate surface area is 333 Å². The molecule has 6 nitrogen and oxygen atoms in total. The summed E-state index contributed by atoms with van der Waals surface area (Å²) in [7, 11) is 0. The molecule has 0 aromatic heterocycles. The number of unbranched alkanes of at least 4 members (excludes halogenated alkanes) is 18. The molecule has 0 radical (unpaired) electrons. The maximum atomic E-state index is 12.2. The number of hydrogen-bond acceptors (Lipinski definition) is 6. The Kier molecular flexibility index (Phi) is 39.8.